The number of hydrogen-bond donors (Lipinski definition) is 1. The van der Waals surface area contributed by atoms with Crippen LogP contribution in [0.2, 0.25) is 0 Å². The van der Waals surface area contributed by atoms with Crippen molar-refractivity contribution in [2.24, 2.45) is 0 Å². The van der Waals surface area contributed by atoms with E-state index in [1.807, 2.05) is 13.8 Å². The Hall–Kier alpha value is -1.03. The van der Waals surface area contributed by atoms with Crippen molar-refractivity contribution in [3.63, 3.8) is 0 Å². The summed E-state index contributed by atoms with van der Waals surface area (Å²) in [6.07, 6.45) is 3.82. The fourth-order valence-corrected chi connectivity index (χ4v) is 1.52. The summed E-state index contributed by atoms with van der Waals surface area (Å²) in [5.74, 6) is 1.90. The largest absolute Gasteiger partial charge is 0.444 e. The molecule has 1 amide bonds. The number of alkyl halides is 1. The number of nitrogens with one attached hydrogen (secondary N) is 1. The van der Waals surface area contributed by atoms with E-state index in [-0.39, 0.29) is 11.9 Å². The summed E-state index contributed by atoms with van der Waals surface area (Å²) in [7, 11) is 0. The second-order valence-corrected chi connectivity index (χ2v) is 4.12. The first-order valence-corrected chi connectivity index (χ1v) is 5.94. The normalized spacial score (nSPS) is 12.4. The molecule has 5 heteroatoms. The first kappa shape index (κ1) is 13.0. The molecule has 0 aliphatic rings. The average molecular weight is 245 g/mol. The second kappa shape index (κ2) is 6.53. The van der Waals surface area contributed by atoms with Crippen molar-refractivity contribution in [2.75, 3.05) is 5.88 Å². The highest BCUT2D eigenvalue weighted by Gasteiger charge is 2.13. The molecule has 0 saturated heterocycles. The zero-order valence-corrected chi connectivity index (χ0v) is 10.4. The van der Waals surface area contributed by atoms with Crippen LogP contribution in [0, 0.1) is 6.92 Å². The van der Waals surface area contributed by atoms with Crippen LogP contribution in [0.5, 0.6) is 0 Å². The van der Waals surface area contributed by atoms with E-state index in [1.165, 1.54) is 0 Å². The van der Waals surface area contributed by atoms with Crippen LogP contribution >= 0.6 is 11.6 Å². The molecule has 0 aromatic carbocycles. The van der Waals surface area contributed by atoms with Gasteiger partial charge in [-0.3, -0.25) is 4.79 Å². The minimum Gasteiger partial charge on any atom is -0.444 e. The maximum absolute atomic E-state index is 11.5. The molecule has 0 spiro atoms. The maximum atomic E-state index is 11.5. The molecular formula is C11H17ClN2O2. The van der Waals surface area contributed by atoms with Gasteiger partial charge in [-0.1, -0.05) is 0 Å². The molecule has 90 valence electrons. The number of halogens is 1. The van der Waals surface area contributed by atoms with E-state index in [9.17, 15) is 4.79 Å². The lowest BCUT2D eigenvalue weighted by Crippen LogP contribution is -2.26. The number of aromatic nitrogens is 1. The van der Waals surface area contributed by atoms with E-state index < -0.39 is 0 Å². The fraction of sp³-hybridized carbons (Fsp3) is 0.636. The van der Waals surface area contributed by atoms with Gasteiger partial charge in [0.1, 0.15) is 11.8 Å². The van der Waals surface area contributed by atoms with Crippen molar-refractivity contribution in [3.8, 4) is 0 Å². The topological polar surface area (TPSA) is 55.1 Å². The summed E-state index contributed by atoms with van der Waals surface area (Å²) in [6.45, 7) is 3.68. The lowest BCUT2D eigenvalue weighted by molar-refractivity contribution is -0.122. The van der Waals surface area contributed by atoms with E-state index in [2.05, 4.69) is 10.3 Å². The van der Waals surface area contributed by atoms with E-state index in [4.69, 9.17) is 16.0 Å². The molecule has 0 aliphatic carbocycles. The number of unbranched alkanes of at least 4 members (excludes halogenated alkanes) is 1. The van der Waals surface area contributed by atoms with Gasteiger partial charge in [0.2, 0.25) is 11.8 Å². The second-order valence-electron chi connectivity index (χ2n) is 3.74. The molecule has 16 heavy (non-hydrogen) atoms. The predicted octanol–water partition coefficient (Wildman–Crippen LogP) is 2.57. The van der Waals surface area contributed by atoms with E-state index in [0.29, 0.717) is 18.2 Å². The number of rotatable bonds is 6. The van der Waals surface area contributed by atoms with Crippen molar-refractivity contribution in [1.29, 1.82) is 0 Å². The molecule has 1 N–H and O–H groups in total. The molecule has 1 atom stereocenters. The smallest absolute Gasteiger partial charge is 0.220 e. The Morgan fingerprint density at radius 3 is 2.94 bits per heavy atom. The van der Waals surface area contributed by atoms with Crippen LogP contribution in [-0.2, 0) is 4.79 Å². The van der Waals surface area contributed by atoms with Crippen LogP contribution in [0.4, 0.5) is 0 Å². The molecule has 0 aliphatic heterocycles. The van der Waals surface area contributed by atoms with Gasteiger partial charge in [0.25, 0.3) is 0 Å². The lowest BCUT2D eigenvalue weighted by Gasteiger charge is -2.09. The molecule has 1 unspecified atom stereocenters. The average Bonchev–Trinajstić information content (AvgIpc) is 2.65. The zero-order chi connectivity index (χ0) is 12.0. The highest BCUT2D eigenvalue weighted by atomic mass is 35.5. The van der Waals surface area contributed by atoms with Crippen molar-refractivity contribution >= 4 is 17.5 Å². The Balaban J connectivity index is 2.33. The third-order valence-electron chi connectivity index (χ3n) is 2.17. The molecule has 0 radical (unpaired) electrons. The van der Waals surface area contributed by atoms with Crippen LogP contribution in [0.15, 0.2) is 10.6 Å². The minimum absolute atomic E-state index is 0.00784. The molecule has 4 nitrogen and oxygen atoms in total. The quantitative estimate of drug-likeness (QED) is 0.618. The van der Waals surface area contributed by atoms with Crippen LogP contribution in [0.1, 0.15) is 43.9 Å². The maximum Gasteiger partial charge on any atom is 0.220 e. The van der Waals surface area contributed by atoms with E-state index in [0.717, 1.165) is 18.6 Å². The van der Waals surface area contributed by atoms with Gasteiger partial charge in [-0.25, -0.2) is 4.98 Å². The first-order valence-electron chi connectivity index (χ1n) is 5.41. The molecule has 1 heterocycles. The fourth-order valence-electron chi connectivity index (χ4n) is 1.33. The molecule has 1 rings (SSSR count). The Kier molecular flexibility index (Phi) is 5.32. The van der Waals surface area contributed by atoms with Crippen molar-refractivity contribution in [1.82, 2.24) is 10.3 Å². The number of carbonyl (C=O) groups excluding carboxylic acids is 1. The highest BCUT2D eigenvalue weighted by Crippen LogP contribution is 2.12. The number of carbonyl (C=O) groups is 1. The standard InChI is InChI=1S/C11H17ClN2O2/c1-8-7-13-11(16-8)9(2)14-10(15)5-3-4-6-12/h7,9H,3-6H2,1-2H3,(H,14,15). The Labute approximate surface area is 100 Å². The number of oxazole rings is 1. The summed E-state index contributed by atoms with van der Waals surface area (Å²) in [4.78, 5) is 15.5. The molecule has 0 fully saturated rings. The van der Waals surface area contributed by atoms with Crippen LogP contribution in [0.3, 0.4) is 0 Å². The third-order valence-corrected chi connectivity index (χ3v) is 2.44. The minimum atomic E-state index is -0.183. The van der Waals surface area contributed by atoms with Crippen LogP contribution in [0.25, 0.3) is 0 Å². The van der Waals surface area contributed by atoms with E-state index >= 15 is 0 Å². The molecule has 1 aromatic rings. The van der Waals surface area contributed by atoms with Crippen molar-refractivity contribution in [2.45, 2.75) is 39.2 Å². The monoisotopic (exact) mass is 244 g/mol. The number of nitrogens with zero attached hydrogens (tertiary/aromatic N) is 1. The van der Waals surface area contributed by atoms with Crippen LogP contribution < -0.4 is 5.32 Å². The van der Waals surface area contributed by atoms with Gasteiger partial charge in [-0.05, 0) is 26.7 Å². The van der Waals surface area contributed by atoms with Gasteiger partial charge in [0.05, 0.1) is 6.20 Å². The van der Waals surface area contributed by atoms with Gasteiger partial charge >= 0.3 is 0 Å². The van der Waals surface area contributed by atoms with Crippen molar-refractivity contribution < 1.29 is 9.21 Å². The highest BCUT2D eigenvalue weighted by molar-refractivity contribution is 6.17. The van der Waals surface area contributed by atoms with Gasteiger partial charge in [0, 0.05) is 12.3 Å². The molecular weight excluding hydrogens is 228 g/mol. The number of aryl methyl sites for hydroxylation is 1. The molecule has 0 bridgehead atoms. The van der Waals surface area contributed by atoms with E-state index in [1.54, 1.807) is 6.20 Å². The number of amides is 1. The van der Waals surface area contributed by atoms with Gasteiger partial charge in [-0.2, -0.15) is 0 Å². The Morgan fingerprint density at radius 2 is 2.38 bits per heavy atom. The summed E-state index contributed by atoms with van der Waals surface area (Å²) in [5, 5.41) is 2.83. The lowest BCUT2D eigenvalue weighted by atomic mass is 10.2. The van der Waals surface area contributed by atoms with Gasteiger partial charge in [0.15, 0.2) is 0 Å². The number of hydrogen-bond acceptors (Lipinski definition) is 3. The summed E-state index contributed by atoms with van der Waals surface area (Å²) in [5.41, 5.74) is 0. The predicted molar refractivity (Wildman–Crippen MR) is 62.4 cm³/mol. The first-order chi connectivity index (χ1) is 7.63. The summed E-state index contributed by atoms with van der Waals surface area (Å²) >= 11 is 5.53. The zero-order valence-electron chi connectivity index (χ0n) is 9.62. The molecule has 0 saturated carbocycles. The Bertz CT molecular complexity index is 338. The Morgan fingerprint density at radius 1 is 1.62 bits per heavy atom. The summed E-state index contributed by atoms with van der Waals surface area (Å²) in [6, 6.07) is -0.183. The molecule has 1 aromatic heterocycles. The summed E-state index contributed by atoms with van der Waals surface area (Å²) < 4.78 is 5.32. The van der Waals surface area contributed by atoms with Crippen LogP contribution in [-0.4, -0.2) is 16.8 Å². The van der Waals surface area contributed by atoms with Gasteiger partial charge < -0.3 is 9.73 Å². The van der Waals surface area contributed by atoms with Crippen molar-refractivity contribution in [3.05, 3.63) is 17.8 Å². The van der Waals surface area contributed by atoms with Gasteiger partial charge in [-0.15, -0.1) is 11.6 Å². The third kappa shape index (κ3) is 4.23. The SMILES string of the molecule is Cc1cnc(C(C)NC(=O)CCCCCl)o1.